The summed E-state index contributed by atoms with van der Waals surface area (Å²) < 4.78 is 38.4. The lowest BCUT2D eigenvalue weighted by Crippen LogP contribution is -2.15. The fourth-order valence-corrected chi connectivity index (χ4v) is 2.31. The van der Waals surface area contributed by atoms with Crippen LogP contribution in [0.25, 0.3) is 0 Å². The van der Waals surface area contributed by atoms with Crippen LogP contribution in [-0.2, 0) is 17.4 Å². The number of benzene rings is 2. The fraction of sp³-hybridized carbons (Fsp3) is 0.133. The molecule has 0 aliphatic heterocycles. The Morgan fingerprint density at radius 3 is 2.38 bits per heavy atom. The molecule has 1 amide bonds. The number of carbonyl (C=O) groups is 1. The van der Waals surface area contributed by atoms with Crippen molar-refractivity contribution in [3.05, 3.63) is 64.1 Å². The van der Waals surface area contributed by atoms with E-state index >= 15 is 0 Å². The second kappa shape index (κ2) is 6.30. The van der Waals surface area contributed by atoms with Crippen LogP contribution in [0.3, 0.4) is 0 Å². The zero-order chi connectivity index (χ0) is 15.5. The highest BCUT2D eigenvalue weighted by Gasteiger charge is 2.31. The Morgan fingerprint density at radius 2 is 1.76 bits per heavy atom. The molecule has 0 atom stereocenters. The molecule has 1 N–H and O–H groups in total. The molecule has 0 saturated carbocycles. The molecule has 0 heterocycles. The van der Waals surface area contributed by atoms with Crippen LogP contribution in [0.4, 0.5) is 18.9 Å². The summed E-state index contributed by atoms with van der Waals surface area (Å²) in [5, 5.41) is 2.47. The molecule has 6 heteroatoms. The zero-order valence-corrected chi connectivity index (χ0v) is 12.3. The van der Waals surface area contributed by atoms with Gasteiger partial charge in [0.1, 0.15) is 0 Å². The molecule has 0 saturated heterocycles. The Hall–Kier alpha value is -1.82. The van der Waals surface area contributed by atoms with E-state index in [2.05, 4.69) is 21.2 Å². The van der Waals surface area contributed by atoms with Crippen LogP contribution in [0.1, 0.15) is 11.1 Å². The smallest absolute Gasteiger partial charge is 0.326 e. The molecule has 0 aliphatic rings. The average Bonchev–Trinajstić information content (AvgIpc) is 2.37. The summed E-state index contributed by atoms with van der Waals surface area (Å²) in [5.41, 5.74) is 0.0885. The van der Waals surface area contributed by atoms with Gasteiger partial charge in [0.2, 0.25) is 5.91 Å². The van der Waals surface area contributed by atoms with E-state index in [-0.39, 0.29) is 22.5 Å². The standard InChI is InChI=1S/C15H11BrF3NO/c16-12-7-11(15(17,18)19)8-13(9-12)20-14(21)6-10-4-2-1-3-5-10/h1-5,7-9H,6H2,(H,20,21). The third-order valence-electron chi connectivity index (χ3n) is 2.72. The van der Waals surface area contributed by atoms with Gasteiger partial charge in [-0.25, -0.2) is 0 Å². The van der Waals surface area contributed by atoms with E-state index in [4.69, 9.17) is 0 Å². The van der Waals surface area contributed by atoms with E-state index in [1.807, 2.05) is 6.07 Å². The third kappa shape index (κ3) is 4.60. The van der Waals surface area contributed by atoms with Crippen molar-refractivity contribution in [1.29, 1.82) is 0 Å². The molecule has 0 spiro atoms. The lowest BCUT2D eigenvalue weighted by molar-refractivity contribution is -0.137. The Kier molecular flexibility index (Phi) is 4.67. The van der Waals surface area contributed by atoms with Crippen molar-refractivity contribution in [3.63, 3.8) is 0 Å². The highest BCUT2D eigenvalue weighted by atomic mass is 79.9. The van der Waals surface area contributed by atoms with Crippen LogP contribution < -0.4 is 5.32 Å². The van der Waals surface area contributed by atoms with E-state index in [1.165, 1.54) is 6.07 Å². The number of alkyl halides is 3. The monoisotopic (exact) mass is 357 g/mol. The van der Waals surface area contributed by atoms with E-state index in [0.717, 1.165) is 17.7 Å². The number of amides is 1. The molecule has 2 nitrogen and oxygen atoms in total. The topological polar surface area (TPSA) is 29.1 Å². The number of rotatable bonds is 3. The molecular weight excluding hydrogens is 347 g/mol. The van der Waals surface area contributed by atoms with Gasteiger partial charge in [0.25, 0.3) is 0 Å². The molecular formula is C15H11BrF3NO. The predicted octanol–water partition coefficient (Wildman–Crippen LogP) is 4.65. The summed E-state index contributed by atoms with van der Waals surface area (Å²) >= 11 is 3.01. The zero-order valence-electron chi connectivity index (χ0n) is 10.7. The number of nitrogens with one attached hydrogen (secondary N) is 1. The Labute approximate surface area is 128 Å². The average molecular weight is 358 g/mol. The van der Waals surface area contributed by atoms with Crippen molar-refractivity contribution < 1.29 is 18.0 Å². The van der Waals surface area contributed by atoms with E-state index in [0.29, 0.717) is 0 Å². The second-order valence-electron chi connectivity index (χ2n) is 4.44. The van der Waals surface area contributed by atoms with Crippen LogP contribution in [0.15, 0.2) is 53.0 Å². The minimum absolute atomic E-state index is 0.106. The second-order valence-corrected chi connectivity index (χ2v) is 5.35. The minimum Gasteiger partial charge on any atom is -0.326 e. The van der Waals surface area contributed by atoms with Gasteiger partial charge in [-0.15, -0.1) is 0 Å². The van der Waals surface area contributed by atoms with E-state index in [9.17, 15) is 18.0 Å². The molecule has 0 aliphatic carbocycles. The number of carbonyl (C=O) groups excluding carboxylic acids is 1. The molecule has 21 heavy (non-hydrogen) atoms. The number of anilines is 1. The van der Waals surface area contributed by atoms with Gasteiger partial charge in [0, 0.05) is 10.2 Å². The number of hydrogen-bond acceptors (Lipinski definition) is 1. The van der Waals surface area contributed by atoms with Crippen LogP contribution in [-0.4, -0.2) is 5.91 Å². The summed E-state index contributed by atoms with van der Waals surface area (Å²) in [6.07, 6.45) is -4.35. The normalized spacial score (nSPS) is 11.2. The van der Waals surface area contributed by atoms with Gasteiger partial charge in [-0.2, -0.15) is 13.2 Å². The first-order valence-corrected chi connectivity index (χ1v) is 6.85. The van der Waals surface area contributed by atoms with Gasteiger partial charge < -0.3 is 5.32 Å². The summed E-state index contributed by atoms with van der Waals surface area (Å²) in [6.45, 7) is 0. The molecule has 110 valence electrons. The summed E-state index contributed by atoms with van der Waals surface area (Å²) in [7, 11) is 0. The first-order valence-electron chi connectivity index (χ1n) is 6.06. The van der Waals surface area contributed by atoms with Gasteiger partial charge in [-0.3, -0.25) is 4.79 Å². The minimum atomic E-state index is -4.46. The van der Waals surface area contributed by atoms with Gasteiger partial charge in [0.15, 0.2) is 0 Å². The van der Waals surface area contributed by atoms with Crippen molar-refractivity contribution in [3.8, 4) is 0 Å². The van der Waals surface area contributed by atoms with E-state index in [1.54, 1.807) is 24.3 Å². The Bertz CT molecular complexity index is 641. The van der Waals surface area contributed by atoms with Crippen molar-refractivity contribution in [2.45, 2.75) is 12.6 Å². The largest absolute Gasteiger partial charge is 0.416 e. The van der Waals surface area contributed by atoms with Gasteiger partial charge in [-0.05, 0) is 23.8 Å². The lowest BCUT2D eigenvalue weighted by atomic mass is 10.1. The van der Waals surface area contributed by atoms with Crippen LogP contribution >= 0.6 is 15.9 Å². The Balaban J connectivity index is 2.12. The van der Waals surface area contributed by atoms with Crippen LogP contribution in [0, 0.1) is 0 Å². The predicted molar refractivity (Wildman–Crippen MR) is 77.9 cm³/mol. The highest BCUT2D eigenvalue weighted by molar-refractivity contribution is 9.10. The molecule has 0 fully saturated rings. The maximum absolute atomic E-state index is 12.7. The van der Waals surface area contributed by atoms with Gasteiger partial charge in [0.05, 0.1) is 12.0 Å². The fourth-order valence-electron chi connectivity index (χ4n) is 1.81. The number of halogens is 4. The number of hydrogen-bond donors (Lipinski definition) is 1. The molecule has 0 radical (unpaired) electrons. The molecule has 0 aromatic heterocycles. The molecule has 0 unspecified atom stereocenters. The third-order valence-corrected chi connectivity index (χ3v) is 3.17. The Morgan fingerprint density at radius 1 is 1.10 bits per heavy atom. The van der Waals surface area contributed by atoms with Crippen molar-refractivity contribution in [2.24, 2.45) is 0 Å². The van der Waals surface area contributed by atoms with E-state index < -0.39 is 11.7 Å². The van der Waals surface area contributed by atoms with Crippen molar-refractivity contribution in [2.75, 3.05) is 5.32 Å². The first kappa shape index (κ1) is 15.6. The summed E-state index contributed by atoms with van der Waals surface area (Å²) in [4.78, 5) is 11.8. The molecule has 2 rings (SSSR count). The lowest BCUT2D eigenvalue weighted by Gasteiger charge is -2.11. The van der Waals surface area contributed by atoms with Crippen molar-refractivity contribution >= 4 is 27.5 Å². The molecule has 0 bridgehead atoms. The van der Waals surface area contributed by atoms with Gasteiger partial charge in [-0.1, -0.05) is 46.3 Å². The maximum atomic E-state index is 12.7. The maximum Gasteiger partial charge on any atom is 0.416 e. The van der Waals surface area contributed by atoms with Gasteiger partial charge >= 0.3 is 6.18 Å². The summed E-state index contributed by atoms with van der Waals surface area (Å²) in [5.74, 6) is -0.368. The summed E-state index contributed by atoms with van der Waals surface area (Å²) in [6, 6.07) is 12.3. The highest BCUT2D eigenvalue weighted by Crippen LogP contribution is 2.33. The van der Waals surface area contributed by atoms with Crippen LogP contribution in [0.2, 0.25) is 0 Å². The van der Waals surface area contributed by atoms with Crippen LogP contribution in [0.5, 0.6) is 0 Å². The molecule has 2 aromatic rings. The van der Waals surface area contributed by atoms with Crippen molar-refractivity contribution in [1.82, 2.24) is 0 Å². The first-order chi connectivity index (χ1) is 9.84. The molecule has 2 aromatic carbocycles. The quantitative estimate of drug-likeness (QED) is 0.850. The SMILES string of the molecule is O=C(Cc1ccccc1)Nc1cc(Br)cc(C(F)(F)F)c1.